The van der Waals surface area contributed by atoms with E-state index in [0.29, 0.717) is 35.1 Å². The summed E-state index contributed by atoms with van der Waals surface area (Å²) < 4.78 is 17.1. The largest absolute Gasteiger partial charge is 0.489 e. The monoisotopic (exact) mass is 338 g/mol. The zero-order chi connectivity index (χ0) is 14.1. The van der Waals surface area contributed by atoms with E-state index in [1.54, 1.807) is 6.07 Å². The summed E-state index contributed by atoms with van der Waals surface area (Å²) >= 11 is 3.28. The first-order valence-corrected chi connectivity index (χ1v) is 7.25. The van der Waals surface area contributed by atoms with E-state index in [1.807, 2.05) is 18.2 Å². The van der Waals surface area contributed by atoms with E-state index in [0.717, 1.165) is 11.3 Å². The van der Waals surface area contributed by atoms with Crippen molar-refractivity contribution >= 4 is 15.9 Å². The quantitative estimate of drug-likeness (QED) is 0.909. The minimum Gasteiger partial charge on any atom is -0.489 e. The molecule has 5 heteroatoms. The lowest BCUT2D eigenvalue weighted by atomic mass is 10.0. The van der Waals surface area contributed by atoms with E-state index in [4.69, 9.17) is 13.9 Å². The van der Waals surface area contributed by atoms with Gasteiger partial charge in [0.25, 0.3) is 0 Å². The van der Waals surface area contributed by atoms with Gasteiger partial charge in [0.2, 0.25) is 0 Å². The average molecular weight is 339 g/mol. The van der Waals surface area contributed by atoms with Crippen molar-refractivity contribution in [3.63, 3.8) is 0 Å². The molecular formula is C15H15BrO4. The molecule has 2 unspecified atom stereocenters. The molecule has 0 saturated carbocycles. The second-order valence-electron chi connectivity index (χ2n) is 4.99. The summed E-state index contributed by atoms with van der Waals surface area (Å²) in [6.45, 7) is 3.33. The maximum Gasteiger partial charge on any atom is 0.175 e. The Bertz CT molecular complexity index is 608. The van der Waals surface area contributed by atoms with Gasteiger partial charge in [-0.25, -0.2) is 0 Å². The van der Waals surface area contributed by atoms with Crippen LogP contribution in [0.1, 0.15) is 24.2 Å². The van der Waals surface area contributed by atoms with Crippen molar-refractivity contribution in [2.24, 2.45) is 5.92 Å². The van der Waals surface area contributed by atoms with Crippen molar-refractivity contribution in [2.45, 2.75) is 13.0 Å². The van der Waals surface area contributed by atoms with Gasteiger partial charge in [0.1, 0.15) is 6.10 Å². The van der Waals surface area contributed by atoms with Crippen molar-refractivity contribution in [3.05, 3.63) is 46.3 Å². The van der Waals surface area contributed by atoms with Crippen LogP contribution in [0.3, 0.4) is 0 Å². The fourth-order valence-electron chi connectivity index (χ4n) is 2.12. The molecule has 0 saturated heterocycles. The average Bonchev–Trinajstić information content (AvgIpc) is 2.79. The summed E-state index contributed by atoms with van der Waals surface area (Å²) in [7, 11) is 0. The number of aliphatic hydroxyl groups is 1. The first-order valence-electron chi connectivity index (χ1n) is 6.45. The van der Waals surface area contributed by atoms with Crippen LogP contribution in [0.25, 0.3) is 0 Å². The number of ether oxygens (including phenoxy) is 2. The van der Waals surface area contributed by atoms with Crippen LogP contribution in [0.4, 0.5) is 0 Å². The molecule has 0 radical (unpaired) electrons. The number of hydrogen-bond acceptors (Lipinski definition) is 4. The molecule has 2 heterocycles. The van der Waals surface area contributed by atoms with Gasteiger partial charge in [0.05, 0.1) is 19.5 Å². The van der Waals surface area contributed by atoms with Gasteiger partial charge in [0, 0.05) is 11.5 Å². The Balaban J connectivity index is 1.91. The zero-order valence-electron chi connectivity index (χ0n) is 11.0. The predicted molar refractivity (Wildman–Crippen MR) is 77.1 cm³/mol. The van der Waals surface area contributed by atoms with Crippen LogP contribution in [-0.4, -0.2) is 18.3 Å². The number of furan rings is 1. The van der Waals surface area contributed by atoms with E-state index in [-0.39, 0.29) is 0 Å². The SMILES string of the molecule is CC1COc2ccc(C(O)c3ccoc3Br)cc2OC1. The highest BCUT2D eigenvalue weighted by molar-refractivity contribution is 9.10. The summed E-state index contributed by atoms with van der Waals surface area (Å²) in [4.78, 5) is 0. The van der Waals surface area contributed by atoms with Crippen molar-refractivity contribution in [1.29, 1.82) is 0 Å². The standard InChI is InChI=1S/C15H15BrO4/c1-9-7-19-12-3-2-10(6-13(12)20-8-9)14(17)11-4-5-18-15(11)16/h2-6,9,14,17H,7-8H2,1H3. The Labute approximate surface area is 125 Å². The molecule has 0 spiro atoms. The van der Waals surface area contributed by atoms with E-state index in [9.17, 15) is 5.11 Å². The summed E-state index contributed by atoms with van der Waals surface area (Å²) in [6.07, 6.45) is 0.769. The Morgan fingerprint density at radius 1 is 1.20 bits per heavy atom. The van der Waals surface area contributed by atoms with Crippen LogP contribution in [0.2, 0.25) is 0 Å². The number of aliphatic hydroxyl groups excluding tert-OH is 1. The number of benzene rings is 1. The minimum atomic E-state index is -0.766. The lowest BCUT2D eigenvalue weighted by Gasteiger charge is -2.13. The second-order valence-corrected chi connectivity index (χ2v) is 5.71. The number of hydrogen-bond donors (Lipinski definition) is 1. The molecule has 2 aromatic rings. The molecular weight excluding hydrogens is 324 g/mol. The summed E-state index contributed by atoms with van der Waals surface area (Å²) in [5, 5.41) is 10.4. The summed E-state index contributed by atoms with van der Waals surface area (Å²) in [5.41, 5.74) is 1.43. The van der Waals surface area contributed by atoms with Gasteiger partial charge in [-0.2, -0.15) is 0 Å². The minimum absolute atomic E-state index is 0.346. The third-order valence-corrected chi connectivity index (χ3v) is 3.92. The maximum atomic E-state index is 10.4. The summed E-state index contributed by atoms with van der Waals surface area (Å²) in [5.74, 6) is 1.74. The highest BCUT2D eigenvalue weighted by atomic mass is 79.9. The smallest absolute Gasteiger partial charge is 0.175 e. The Kier molecular flexibility index (Phi) is 3.72. The fraction of sp³-hybridized carbons (Fsp3) is 0.333. The van der Waals surface area contributed by atoms with E-state index < -0.39 is 6.10 Å². The van der Waals surface area contributed by atoms with Crippen LogP contribution in [0.5, 0.6) is 11.5 Å². The molecule has 0 amide bonds. The lowest BCUT2D eigenvalue weighted by Crippen LogP contribution is -2.12. The molecule has 1 aromatic carbocycles. The van der Waals surface area contributed by atoms with Gasteiger partial charge in [-0.05, 0) is 39.7 Å². The molecule has 3 rings (SSSR count). The lowest BCUT2D eigenvalue weighted by molar-refractivity contribution is 0.216. The van der Waals surface area contributed by atoms with Gasteiger partial charge in [-0.1, -0.05) is 13.0 Å². The highest BCUT2D eigenvalue weighted by Crippen LogP contribution is 2.36. The normalized spacial score (nSPS) is 19.4. The fourth-order valence-corrected chi connectivity index (χ4v) is 2.57. The predicted octanol–water partition coefficient (Wildman–Crippen LogP) is 3.53. The number of fused-ring (bicyclic) bond motifs is 1. The summed E-state index contributed by atoms with van der Waals surface area (Å²) in [6, 6.07) is 7.22. The van der Waals surface area contributed by atoms with E-state index >= 15 is 0 Å². The molecule has 1 aliphatic rings. The van der Waals surface area contributed by atoms with Crippen LogP contribution in [0.15, 0.2) is 39.6 Å². The first kappa shape index (κ1) is 13.5. The van der Waals surface area contributed by atoms with Crippen molar-refractivity contribution in [2.75, 3.05) is 13.2 Å². The topological polar surface area (TPSA) is 51.8 Å². The first-order chi connectivity index (χ1) is 9.65. The molecule has 0 fully saturated rings. The Hall–Kier alpha value is -1.46. The number of halogens is 1. The molecule has 0 bridgehead atoms. The Morgan fingerprint density at radius 3 is 2.65 bits per heavy atom. The van der Waals surface area contributed by atoms with Crippen molar-refractivity contribution in [1.82, 2.24) is 0 Å². The second kappa shape index (κ2) is 5.50. The van der Waals surface area contributed by atoms with Gasteiger partial charge >= 0.3 is 0 Å². The van der Waals surface area contributed by atoms with Crippen LogP contribution in [0, 0.1) is 5.92 Å². The molecule has 4 nitrogen and oxygen atoms in total. The van der Waals surface area contributed by atoms with Gasteiger partial charge < -0.3 is 19.0 Å². The third kappa shape index (κ3) is 2.55. The molecule has 0 aliphatic carbocycles. The molecule has 1 aliphatic heterocycles. The molecule has 106 valence electrons. The van der Waals surface area contributed by atoms with Gasteiger partial charge in [-0.15, -0.1) is 0 Å². The van der Waals surface area contributed by atoms with E-state index in [2.05, 4.69) is 22.9 Å². The molecule has 1 aromatic heterocycles. The molecule has 1 N–H and O–H groups in total. The van der Waals surface area contributed by atoms with Gasteiger partial charge in [-0.3, -0.25) is 0 Å². The molecule has 20 heavy (non-hydrogen) atoms. The van der Waals surface area contributed by atoms with Crippen LogP contribution in [-0.2, 0) is 0 Å². The van der Waals surface area contributed by atoms with Gasteiger partial charge in [0.15, 0.2) is 16.2 Å². The Morgan fingerprint density at radius 2 is 1.95 bits per heavy atom. The van der Waals surface area contributed by atoms with Crippen molar-refractivity contribution < 1.29 is 19.0 Å². The van der Waals surface area contributed by atoms with Crippen LogP contribution >= 0.6 is 15.9 Å². The highest BCUT2D eigenvalue weighted by Gasteiger charge is 2.20. The van der Waals surface area contributed by atoms with Crippen molar-refractivity contribution in [3.8, 4) is 11.5 Å². The van der Waals surface area contributed by atoms with Crippen LogP contribution < -0.4 is 9.47 Å². The zero-order valence-corrected chi connectivity index (χ0v) is 12.6. The maximum absolute atomic E-state index is 10.4. The number of rotatable bonds is 2. The van der Waals surface area contributed by atoms with E-state index in [1.165, 1.54) is 6.26 Å². The molecule has 2 atom stereocenters. The third-order valence-electron chi connectivity index (χ3n) is 3.27.